The molecule has 1 unspecified atom stereocenters. The molecule has 0 amide bonds. The van der Waals surface area contributed by atoms with Crippen molar-refractivity contribution >= 4 is 5.96 Å². The lowest BCUT2D eigenvalue weighted by Crippen LogP contribution is -2.47. The number of hydrogen-bond donors (Lipinski definition) is 2. The van der Waals surface area contributed by atoms with E-state index in [2.05, 4.69) is 17.1 Å². The summed E-state index contributed by atoms with van der Waals surface area (Å²) in [6.45, 7) is 0.504. The number of hydrogen-bond acceptors (Lipinski definition) is 6. The van der Waals surface area contributed by atoms with E-state index in [0.29, 0.717) is 23.8 Å². The molecule has 1 atom stereocenters. The summed E-state index contributed by atoms with van der Waals surface area (Å²) in [6, 6.07) is 17.8. The fourth-order valence-corrected chi connectivity index (χ4v) is 6.80. The van der Waals surface area contributed by atoms with E-state index in [4.69, 9.17) is 15.5 Å². The Hall–Kier alpha value is -3.71. The molecule has 1 saturated carbocycles. The van der Waals surface area contributed by atoms with E-state index in [9.17, 15) is 9.50 Å². The minimum atomic E-state index is -0.842. The summed E-state index contributed by atoms with van der Waals surface area (Å²) in [5, 5.41) is 10.8. The van der Waals surface area contributed by atoms with Gasteiger partial charge in [0.15, 0.2) is 5.96 Å². The highest BCUT2D eigenvalue weighted by molar-refractivity contribution is 5.86. The average Bonchev–Trinajstić information content (AvgIpc) is 3.35. The number of benzene rings is 2. The smallest absolute Gasteiger partial charge is 0.197 e. The third-order valence-corrected chi connectivity index (χ3v) is 8.58. The van der Waals surface area contributed by atoms with Crippen LogP contribution in [0.15, 0.2) is 83.9 Å². The number of guanidine groups is 1. The molecule has 7 heteroatoms. The molecule has 1 aliphatic heterocycles. The Balaban J connectivity index is 1.51. The molecule has 1 fully saturated rings. The fourth-order valence-electron chi connectivity index (χ4n) is 6.80. The number of nitrogens with zero attached hydrogens (tertiary/aromatic N) is 3. The molecule has 37 heavy (non-hydrogen) atoms. The van der Waals surface area contributed by atoms with E-state index in [-0.39, 0.29) is 17.3 Å². The molecule has 2 aromatic carbocycles. The normalized spacial score (nSPS) is 27.7. The topological polar surface area (TPSA) is 84.0 Å². The maximum absolute atomic E-state index is 14.0. The molecule has 3 aliphatic rings. The summed E-state index contributed by atoms with van der Waals surface area (Å²) >= 11 is 0. The van der Waals surface area contributed by atoms with Crippen LogP contribution < -0.4 is 5.73 Å². The zero-order valence-electron chi connectivity index (χ0n) is 20.9. The Kier molecular flexibility index (Phi) is 5.75. The summed E-state index contributed by atoms with van der Waals surface area (Å²) in [6.07, 6.45) is 8.73. The quantitative estimate of drug-likeness (QED) is 0.468. The third kappa shape index (κ3) is 3.63. The van der Waals surface area contributed by atoms with Gasteiger partial charge in [0.05, 0.1) is 24.5 Å². The first-order chi connectivity index (χ1) is 18.0. The first-order valence-electron chi connectivity index (χ1n) is 12.8. The Bertz CT molecular complexity index is 1380. The van der Waals surface area contributed by atoms with Crippen LogP contribution in [0, 0.1) is 11.2 Å². The van der Waals surface area contributed by atoms with Crippen LogP contribution in [0.4, 0.5) is 4.39 Å². The number of methoxy groups -OCH3 is 1. The van der Waals surface area contributed by atoms with Crippen LogP contribution >= 0.6 is 0 Å². The standard InChI is InChI=1S/C30H31FN4O2/c1-37-25-9-11-29(12-10-25)15-22-8-7-21(23-13-24(31)17-33-16-23)14-26(22)30(29)27(19-36)35(28(32)34-30)18-20-5-3-2-4-6-20/h2-8,13-14,16-17,19,25,36H,9-12,15,18H2,1H3,(H2,32,34)/b27-19+. The van der Waals surface area contributed by atoms with Crippen molar-refractivity contribution in [2.75, 3.05) is 7.11 Å². The molecule has 2 aliphatic carbocycles. The molecule has 190 valence electrons. The zero-order valence-corrected chi connectivity index (χ0v) is 20.9. The van der Waals surface area contributed by atoms with Crippen molar-refractivity contribution in [2.45, 2.75) is 50.3 Å². The lowest BCUT2D eigenvalue weighted by Gasteiger charge is -2.47. The van der Waals surface area contributed by atoms with Gasteiger partial charge in [-0.1, -0.05) is 42.5 Å². The maximum atomic E-state index is 14.0. The van der Waals surface area contributed by atoms with Crippen LogP contribution in [0.2, 0.25) is 0 Å². The van der Waals surface area contributed by atoms with Crippen molar-refractivity contribution in [3.63, 3.8) is 0 Å². The van der Waals surface area contributed by atoms with E-state index < -0.39 is 5.54 Å². The van der Waals surface area contributed by atoms with Gasteiger partial charge in [0, 0.05) is 24.3 Å². The highest BCUT2D eigenvalue weighted by atomic mass is 19.1. The minimum absolute atomic E-state index is 0.213. The Morgan fingerprint density at radius 1 is 1.11 bits per heavy atom. The summed E-state index contributed by atoms with van der Waals surface area (Å²) in [7, 11) is 1.77. The van der Waals surface area contributed by atoms with Crippen molar-refractivity contribution in [3.05, 3.63) is 101 Å². The number of aliphatic hydroxyl groups excluding tert-OH is 1. The van der Waals surface area contributed by atoms with E-state index >= 15 is 0 Å². The van der Waals surface area contributed by atoms with Crippen LogP contribution in [0.1, 0.15) is 42.4 Å². The van der Waals surface area contributed by atoms with Gasteiger partial charge in [0.25, 0.3) is 0 Å². The van der Waals surface area contributed by atoms with Gasteiger partial charge in [0.1, 0.15) is 17.6 Å². The summed E-state index contributed by atoms with van der Waals surface area (Å²) < 4.78 is 19.7. The zero-order chi connectivity index (χ0) is 25.6. The Morgan fingerprint density at radius 2 is 1.89 bits per heavy atom. The molecule has 0 bridgehead atoms. The van der Waals surface area contributed by atoms with E-state index in [1.165, 1.54) is 24.1 Å². The lowest BCUT2D eigenvalue weighted by atomic mass is 9.60. The van der Waals surface area contributed by atoms with Crippen LogP contribution in [0.3, 0.4) is 0 Å². The molecule has 6 nitrogen and oxygen atoms in total. The number of ether oxygens (including phenoxy) is 1. The predicted molar refractivity (Wildman–Crippen MR) is 141 cm³/mol. The second kappa shape index (κ2) is 8.99. The van der Waals surface area contributed by atoms with Gasteiger partial charge in [0.2, 0.25) is 0 Å². The Morgan fingerprint density at radius 3 is 2.59 bits per heavy atom. The molecule has 0 radical (unpaired) electrons. The van der Waals surface area contributed by atoms with Crippen LogP contribution in [0.5, 0.6) is 0 Å². The number of pyridine rings is 1. The number of rotatable bonds is 4. The van der Waals surface area contributed by atoms with Crippen LogP contribution in [-0.2, 0) is 23.2 Å². The van der Waals surface area contributed by atoms with Gasteiger partial charge in [-0.3, -0.25) is 4.98 Å². The number of aliphatic imine (C=N–C) groups is 1. The SMILES string of the molecule is COC1CCC2(CC1)Cc1ccc(-c3cncc(F)c3)cc1C21N=C(N)N(Cc2ccccc2)/C1=C/O. The average molecular weight is 499 g/mol. The minimum Gasteiger partial charge on any atom is -0.514 e. The molecular weight excluding hydrogens is 467 g/mol. The van der Waals surface area contributed by atoms with E-state index in [1.807, 2.05) is 41.3 Å². The van der Waals surface area contributed by atoms with Crippen LogP contribution in [-0.4, -0.2) is 34.2 Å². The molecule has 3 N–H and O–H groups in total. The third-order valence-electron chi connectivity index (χ3n) is 8.58. The van der Waals surface area contributed by atoms with Crippen molar-refractivity contribution in [1.82, 2.24) is 9.88 Å². The van der Waals surface area contributed by atoms with Gasteiger partial charge in [-0.15, -0.1) is 0 Å². The largest absolute Gasteiger partial charge is 0.514 e. The Labute approximate surface area is 216 Å². The van der Waals surface area contributed by atoms with Crippen molar-refractivity contribution in [1.29, 1.82) is 0 Å². The van der Waals surface area contributed by atoms with Gasteiger partial charge in [-0.2, -0.15) is 0 Å². The maximum Gasteiger partial charge on any atom is 0.197 e. The molecule has 2 heterocycles. The molecule has 2 spiro atoms. The van der Waals surface area contributed by atoms with Crippen LogP contribution in [0.25, 0.3) is 11.1 Å². The predicted octanol–water partition coefficient (Wildman–Crippen LogP) is 5.44. The fraction of sp³-hybridized carbons (Fsp3) is 0.333. The lowest BCUT2D eigenvalue weighted by molar-refractivity contribution is 0.00339. The van der Waals surface area contributed by atoms with Gasteiger partial charge < -0.3 is 20.5 Å². The second-order valence-electron chi connectivity index (χ2n) is 10.4. The van der Waals surface area contributed by atoms with E-state index in [1.54, 1.807) is 13.3 Å². The van der Waals surface area contributed by atoms with E-state index in [0.717, 1.165) is 48.8 Å². The number of fused-ring (bicyclic) bond motifs is 3. The molecular formula is C30H31FN4O2. The number of nitrogens with two attached hydrogens (primary N) is 1. The van der Waals surface area contributed by atoms with Gasteiger partial charge in [-0.25, -0.2) is 9.38 Å². The number of halogens is 1. The monoisotopic (exact) mass is 498 g/mol. The van der Waals surface area contributed by atoms with Gasteiger partial charge in [-0.05, 0) is 66.5 Å². The molecule has 3 aromatic rings. The highest BCUT2D eigenvalue weighted by Gasteiger charge is 2.64. The van der Waals surface area contributed by atoms with Crippen molar-refractivity contribution < 1.29 is 14.2 Å². The van der Waals surface area contributed by atoms with Gasteiger partial charge >= 0.3 is 0 Å². The second-order valence-corrected chi connectivity index (χ2v) is 10.4. The molecule has 1 aromatic heterocycles. The summed E-state index contributed by atoms with van der Waals surface area (Å²) in [5.74, 6) is 0.0123. The first kappa shape index (κ1) is 23.7. The summed E-state index contributed by atoms with van der Waals surface area (Å²) in [4.78, 5) is 11.2. The highest BCUT2D eigenvalue weighted by Crippen LogP contribution is 2.65. The van der Waals surface area contributed by atoms with Crippen molar-refractivity contribution in [2.24, 2.45) is 16.1 Å². The van der Waals surface area contributed by atoms with Crippen molar-refractivity contribution in [3.8, 4) is 11.1 Å². The molecule has 0 saturated heterocycles. The number of aromatic nitrogens is 1. The summed E-state index contributed by atoms with van der Waals surface area (Å²) in [5.41, 5.74) is 11.1. The molecule has 6 rings (SSSR count). The number of aliphatic hydroxyl groups is 1. The first-order valence-corrected chi connectivity index (χ1v) is 12.8.